The predicted octanol–water partition coefficient (Wildman–Crippen LogP) is 3.26. The van der Waals surface area contributed by atoms with Gasteiger partial charge >= 0.3 is 0 Å². The molecule has 0 N–H and O–H groups in total. The summed E-state index contributed by atoms with van der Waals surface area (Å²) in [6, 6.07) is 15.7. The monoisotopic (exact) mass is 227 g/mol. The first-order chi connectivity index (χ1) is 8.29. The van der Waals surface area contributed by atoms with Gasteiger partial charge in [-0.3, -0.25) is 4.79 Å². The van der Waals surface area contributed by atoms with E-state index >= 15 is 0 Å². The first-order valence-electron chi connectivity index (χ1n) is 5.46. The lowest BCUT2D eigenvalue weighted by molar-refractivity contribution is 0.541. The third kappa shape index (κ3) is 3.00. The lowest BCUT2D eigenvalue weighted by atomic mass is 9.93. The minimum atomic E-state index is -0.290. The minimum absolute atomic E-state index is 0.264. The number of rotatable bonds is 4. The fraction of sp³-hybridized carbons (Fsp3) is 0.133. The van der Waals surface area contributed by atoms with Crippen LogP contribution < -0.4 is 0 Å². The summed E-state index contributed by atoms with van der Waals surface area (Å²) in [5, 5.41) is 0. The van der Waals surface area contributed by atoms with E-state index in [2.05, 4.69) is 0 Å². The van der Waals surface area contributed by atoms with Gasteiger partial charge in [0.05, 0.1) is 5.92 Å². The summed E-state index contributed by atoms with van der Waals surface area (Å²) in [4.78, 5) is 11.0. The van der Waals surface area contributed by atoms with Gasteiger partial charge in [-0.25, -0.2) is 4.39 Å². The van der Waals surface area contributed by atoms with E-state index in [4.69, 9.17) is 0 Å². The van der Waals surface area contributed by atoms with Crippen LogP contribution in [-0.2, 0) is 11.2 Å². The van der Waals surface area contributed by atoms with Crippen molar-refractivity contribution >= 4 is 6.29 Å². The zero-order chi connectivity index (χ0) is 12.1. The van der Waals surface area contributed by atoms with E-state index in [1.165, 1.54) is 12.1 Å². The molecule has 1 radical (unpaired) electrons. The van der Waals surface area contributed by atoms with Crippen molar-refractivity contribution in [3.8, 4) is 0 Å². The van der Waals surface area contributed by atoms with Gasteiger partial charge in [-0.2, -0.15) is 0 Å². The molecule has 85 valence electrons. The Morgan fingerprint density at radius 1 is 1.00 bits per heavy atom. The molecule has 17 heavy (non-hydrogen) atoms. The molecule has 1 unspecified atom stereocenters. The molecular formula is C15H12FO. The number of halogens is 1. The van der Waals surface area contributed by atoms with Crippen molar-refractivity contribution in [1.82, 2.24) is 0 Å². The van der Waals surface area contributed by atoms with Gasteiger partial charge in [0.15, 0.2) is 0 Å². The van der Waals surface area contributed by atoms with Gasteiger partial charge in [0.2, 0.25) is 6.29 Å². The predicted molar refractivity (Wildman–Crippen MR) is 65.0 cm³/mol. The summed E-state index contributed by atoms with van der Waals surface area (Å²) >= 11 is 0. The second kappa shape index (κ2) is 5.39. The van der Waals surface area contributed by atoms with Crippen LogP contribution >= 0.6 is 0 Å². The number of hydrogen-bond acceptors (Lipinski definition) is 1. The minimum Gasteiger partial charge on any atom is -0.290 e. The highest BCUT2D eigenvalue weighted by Crippen LogP contribution is 2.18. The molecule has 0 aliphatic rings. The molecule has 0 fully saturated rings. The second-order valence-electron chi connectivity index (χ2n) is 3.91. The summed E-state index contributed by atoms with van der Waals surface area (Å²) in [5.41, 5.74) is 1.87. The molecule has 0 saturated carbocycles. The molecule has 0 amide bonds. The Labute approximate surface area is 99.9 Å². The molecule has 0 heterocycles. The van der Waals surface area contributed by atoms with Crippen molar-refractivity contribution in [2.24, 2.45) is 0 Å². The van der Waals surface area contributed by atoms with Crippen LogP contribution in [0.3, 0.4) is 0 Å². The van der Waals surface area contributed by atoms with Crippen LogP contribution in [-0.4, -0.2) is 6.29 Å². The molecule has 2 heteroatoms. The highest BCUT2D eigenvalue weighted by atomic mass is 19.1. The molecular weight excluding hydrogens is 215 g/mol. The zero-order valence-electron chi connectivity index (χ0n) is 9.27. The maximum atomic E-state index is 12.8. The Morgan fingerprint density at radius 3 is 2.24 bits per heavy atom. The topological polar surface area (TPSA) is 17.1 Å². The van der Waals surface area contributed by atoms with Crippen LogP contribution in [0, 0.1) is 5.82 Å². The molecule has 0 saturated heterocycles. The van der Waals surface area contributed by atoms with Crippen molar-refractivity contribution in [3.05, 3.63) is 71.5 Å². The lowest BCUT2D eigenvalue weighted by Crippen LogP contribution is -2.04. The zero-order valence-corrected chi connectivity index (χ0v) is 9.27. The number of benzene rings is 2. The van der Waals surface area contributed by atoms with Crippen LogP contribution in [0.25, 0.3) is 0 Å². The standard InChI is InChI=1S/C15H12FO/c16-15-8-6-12(7-9-15)10-14(11-17)13-4-2-1-3-5-13/h1-9,14H,10H2. The molecule has 0 spiro atoms. The number of hydrogen-bond donors (Lipinski definition) is 0. The summed E-state index contributed by atoms with van der Waals surface area (Å²) in [5.74, 6) is -0.554. The molecule has 2 aromatic carbocycles. The van der Waals surface area contributed by atoms with Crippen LogP contribution in [0.1, 0.15) is 17.0 Å². The van der Waals surface area contributed by atoms with Crippen molar-refractivity contribution in [2.75, 3.05) is 0 Å². The maximum Gasteiger partial charge on any atom is 0.206 e. The molecule has 0 aromatic heterocycles. The highest BCUT2D eigenvalue weighted by molar-refractivity contribution is 5.63. The highest BCUT2D eigenvalue weighted by Gasteiger charge is 2.11. The molecule has 2 aromatic rings. The van der Waals surface area contributed by atoms with E-state index in [0.717, 1.165) is 11.1 Å². The first kappa shape index (κ1) is 11.5. The van der Waals surface area contributed by atoms with E-state index in [-0.39, 0.29) is 11.7 Å². The van der Waals surface area contributed by atoms with Crippen LogP contribution in [0.5, 0.6) is 0 Å². The van der Waals surface area contributed by atoms with Gasteiger partial charge in [0.25, 0.3) is 0 Å². The fourth-order valence-electron chi connectivity index (χ4n) is 1.77. The summed E-state index contributed by atoms with van der Waals surface area (Å²) in [6.45, 7) is 0. The van der Waals surface area contributed by atoms with Gasteiger partial charge in [0, 0.05) is 0 Å². The molecule has 0 bridgehead atoms. The van der Waals surface area contributed by atoms with E-state index in [1.54, 1.807) is 12.1 Å². The largest absolute Gasteiger partial charge is 0.290 e. The Bertz CT molecular complexity index is 476. The van der Waals surface area contributed by atoms with Gasteiger partial charge in [0.1, 0.15) is 5.82 Å². The van der Waals surface area contributed by atoms with E-state index in [1.807, 2.05) is 36.6 Å². The summed E-state index contributed by atoms with van der Waals surface area (Å²) < 4.78 is 12.8. The molecule has 0 aliphatic heterocycles. The van der Waals surface area contributed by atoms with Crippen LogP contribution in [0.15, 0.2) is 54.6 Å². The Kier molecular flexibility index (Phi) is 3.66. The Balaban J connectivity index is 2.16. The van der Waals surface area contributed by atoms with Crippen molar-refractivity contribution in [3.63, 3.8) is 0 Å². The maximum absolute atomic E-state index is 12.8. The second-order valence-corrected chi connectivity index (χ2v) is 3.91. The van der Waals surface area contributed by atoms with Crippen molar-refractivity contribution in [2.45, 2.75) is 12.3 Å². The molecule has 0 aliphatic carbocycles. The first-order valence-corrected chi connectivity index (χ1v) is 5.46. The van der Waals surface area contributed by atoms with Crippen molar-refractivity contribution < 1.29 is 9.18 Å². The average Bonchev–Trinajstić information content (AvgIpc) is 2.39. The third-order valence-corrected chi connectivity index (χ3v) is 2.70. The molecule has 2 rings (SSSR count). The van der Waals surface area contributed by atoms with E-state index < -0.39 is 0 Å². The van der Waals surface area contributed by atoms with E-state index in [0.29, 0.717) is 6.42 Å². The van der Waals surface area contributed by atoms with Crippen molar-refractivity contribution in [1.29, 1.82) is 0 Å². The Hall–Kier alpha value is -1.96. The Morgan fingerprint density at radius 2 is 1.65 bits per heavy atom. The summed E-state index contributed by atoms with van der Waals surface area (Å²) in [7, 11) is 0. The molecule has 1 nitrogen and oxygen atoms in total. The average molecular weight is 227 g/mol. The van der Waals surface area contributed by atoms with Gasteiger partial charge in [-0.15, -0.1) is 0 Å². The lowest BCUT2D eigenvalue weighted by Gasteiger charge is -2.09. The van der Waals surface area contributed by atoms with Gasteiger partial charge < -0.3 is 0 Å². The SMILES string of the molecule is O=[C]C(Cc1ccc(F)cc1)c1ccccc1. The van der Waals surface area contributed by atoms with Gasteiger partial charge in [-0.05, 0) is 29.7 Å². The van der Waals surface area contributed by atoms with Crippen LogP contribution in [0.4, 0.5) is 4.39 Å². The summed E-state index contributed by atoms with van der Waals surface area (Å²) in [6.07, 6.45) is 2.59. The number of carbonyl (C=O) groups excluding carboxylic acids is 1. The van der Waals surface area contributed by atoms with Crippen LogP contribution in [0.2, 0.25) is 0 Å². The normalized spacial score (nSPS) is 12.1. The van der Waals surface area contributed by atoms with Gasteiger partial charge in [-0.1, -0.05) is 42.5 Å². The smallest absolute Gasteiger partial charge is 0.206 e. The quantitative estimate of drug-likeness (QED) is 0.783. The fourth-order valence-corrected chi connectivity index (χ4v) is 1.77. The third-order valence-electron chi connectivity index (χ3n) is 2.70. The van der Waals surface area contributed by atoms with E-state index in [9.17, 15) is 9.18 Å². The molecule has 1 atom stereocenters.